The van der Waals surface area contributed by atoms with Gasteiger partial charge in [0.2, 0.25) is 5.91 Å². The predicted octanol–water partition coefficient (Wildman–Crippen LogP) is 1.74. The van der Waals surface area contributed by atoms with Gasteiger partial charge >= 0.3 is 0 Å². The van der Waals surface area contributed by atoms with Crippen molar-refractivity contribution in [2.75, 3.05) is 13.7 Å². The molecule has 3 aromatic rings. The first-order valence-corrected chi connectivity index (χ1v) is 9.36. The number of hydrogen-bond donors (Lipinski definition) is 0. The number of aromatic nitrogens is 5. The SMILES string of the molecule is COc1ccc(CCC(=O)N2CCc3c(c(-c4nncn4C)nn3C)C2)cc1. The van der Waals surface area contributed by atoms with E-state index in [4.69, 9.17) is 4.74 Å². The van der Waals surface area contributed by atoms with E-state index in [0.29, 0.717) is 19.5 Å². The molecular formula is C20H24N6O2. The van der Waals surface area contributed by atoms with Crippen LogP contribution in [0.5, 0.6) is 5.75 Å². The Morgan fingerprint density at radius 1 is 1.21 bits per heavy atom. The summed E-state index contributed by atoms with van der Waals surface area (Å²) >= 11 is 0. The second-order valence-corrected chi connectivity index (χ2v) is 7.08. The van der Waals surface area contributed by atoms with Gasteiger partial charge in [0.25, 0.3) is 0 Å². The maximum Gasteiger partial charge on any atom is 0.223 e. The summed E-state index contributed by atoms with van der Waals surface area (Å²) < 4.78 is 8.94. The Morgan fingerprint density at radius 2 is 2.00 bits per heavy atom. The summed E-state index contributed by atoms with van der Waals surface area (Å²) in [5, 5.41) is 12.8. The van der Waals surface area contributed by atoms with Gasteiger partial charge < -0.3 is 14.2 Å². The van der Waals surface area contributed by atoms with Crippen LogP contribution in [0.2, 0.25) is 0 Å². The summed E-state index contributed by atoms with van der Waals surface area (Å²) in [7, 11) is 5.49. The number of amides is 1. The normalized spacial score (nSPS) is 13.5. The summed E-state index contributed by atoms with van der Waals surface area (Å²) in [4.78, 5) is 14.7. The van der Waals surface area contributed by atoms with E-state index in [-0.39, 0.29) is 5.91 Å². The highest BCUT2D eigenvalue weighted by Gasteiger charge is 2.28. The minimum Gasteiger partial charge on any atom is -0.497 e. The lowest BCUT2D eigenvalue weighted by Crippen LogP contribution is -2.36. The van der Waals surface area contributed by atoms with Gasteiger partial charge in [-0.2, -0.15) is 5.10 Å². The average Bonchev–Trinajstić information content (AvgIpc) is 3.29. The summed E-state index contributed by atoms with van der Waals surface area (Å²) in [6.07, 6.45) is 3.67. The Kier molecular flexibility index (Phi) is 4.85. The van der Waals surface area contributed by atoms with Crippen LogP contribution in [0.4, 0.5) is 0 Å². The highest BCUT2D eigenvalue weighted by atomic mass is 16.5. The fourth-order valence-corrected chi connectivity index (χ4v) is 3.68. The molecule has 0 atom stereocenters. The highest BCUT2D eigenvalue weighted by Crippen LogP contribution is 2.28. The van der Waals surface area contributed by atoms with Gasteiger partial charge in [-0.25, -0.2) is 0 Å². The molecule has 0 radical (unpaired) electrons. The molecule has 0 N–H and O–H groups in total. The Bertz CT molecular complexity index is 989. The molecule has 8 nitrogen and oxygen atoms in total. The number of hydrogen-bond acceptors (Lipinski definition) is 5. The Labute approximate surface area is 163 Å². The maximum atomic E-state index is 12.8. The van der Waals surface area contributed by atoms with Gasteiger partial charge in [-0.3, -0.25) is 9.48 Å². The zero-order chi connectivity index (χ0) is 19.7. The lowest BCUT2D eigenvalue weighted by Gasteiger charge is -2.27. The standard InChI is InChI=1S/C20H24N6O2/c1-24-13-21-22-20(24)19-16-12-26(11-10-17(16)25(2)23-19)18(27)9-6-14-4-7-15(28-3)8-5-14/h4-5,7-8,13H,6,9-12H2,1-3H3. The Morgan fingerprint density at radius 3 is 2.68 bits per heavy atom. The fourth-order valence-electron chi connectivity index (χ4n) is 3.68. The molecule has 1 aliphatic rings. The van der Waals surface area contributed by atoms with Crippen molar-refractivity contribution in [3.05, 3.63) is 47.4 Å². The van der Waals surface area contributed by atoms with Gasteiger partial charge in [-0.15, -0.1) is 10.2 Å². The molecule has 8 heteroatoms. The number of benzene rings is 1. The van der Waals surface area contributed by atoms with Crippen molar-refractivity contribution in [3.8, 4) is 17.3 Å². The highest BCUT2D eigenvalue weighted by molar-refractivity contribution is 5.77. The first-order chi connectivity index (χ1) is 13.6. The van der Waals surface area contributed by atoms with Crippen LogP contribution >= 0.6 is 0 Å². The molecule has 3 heterocycles. The quantitative estimate of drug-likeness (QED) is 0.674. The van der Waals surface area contributed by atoms with E-state index in [9.17, 15) is 4.79 Å². The zero-order valence-corrected chi connectivity index (χ0v) is 16.4. The Balaban J connectivity index is 1.47. The number of methoxy groups -OCH3 is 1. The molecular weight excluding hydrogens is 356 g/mol. The fraction of sp³-hybridized carbons (Fsp3) is 0.400. The zero-order valence-electron chi connectivity index (χ0n) is 16.4. The van der Waals surface area contributed by atoms with Gasteiger partial charge in [-0.05, 0) is 24.1 Å². The van der Waals surface area contributed by atoms with E-state index >= 15 is 0 Å². The molecule has 0 saturated heterocycles. The van der Waals surface area contributed by atoms with Gasteiger partial charge in [0, 0.05) is 51.3 Å². The predicted molar refractivity (Wildman–Crippen MR) is 104 cm³/mol. The van der Waals surface area contributed by atoms with E-state index in [1.54, 1.807) is 13.4 Å². The summed E-state index contributed by atoms with van der Waals surface area (Å²) in [6, 6.07) is 7.87. The molecule has 28 heavy (non-hydrogen) atoms. The molecule has 0 saturated carbocycles. The molecule has 0 spiro atoms. The average molecular weight is 380 g/mol. The van der Waals surface area contributed by atoms with Gasteiger partial charge in [0.1, 0.15) is 17.8 Å². The monoisotopic (exact) mass is 380 g/mol. The van der Waals surface area contributed by atoms with Crippen LogP contribution in [-0.4, -0.2) is 49.0 Å². The number of aryl methyl sites for hydroxylation is 3. The molecule has 4 rings (SSSR count). The maximum absolute atomic E-state index is 12.8. The minimum absolute atomic E-state index is 0.161. The molecule has 0 aliphatic carbocycles. The Hall–Kier alpha value is -3.16. The van der Waals surface area contributed by atoms with E-state index in [1.807, 2.05) is 52.5 Å². The van der Waals surface area contributed by atoms with E-state index in [0.717, 1.165) is 46.9 Å². The first kappa shape index (κ1) is 18.2. The van der Waals surface area contributed by atoms with Gasteiger partial charge in [0.15, 0.2) is 5.82 Å². The second-order valence-electron chi connectivity index (χ2n) is 7.08. The number of ether oxygens (including phenoxy) is 1. The number of carbonyl (C=O) groups is 1. The van der Waals surface area contributed by atoms with Crippen LogP contribution in [0, 0.1) is 0 Å². The molecule has 1 aliphatic heterocycles. The summed E-state index contributed by atoms with van der Waals surface area (Å²) in [5.41, 5.74) is 4.18. The van der Waals surface area contributed by atoms with Crippen LogP contribution in [0.15, 0.2) is 30.6 Å². The molecule has 146 valence electrons. The second kappa shape index (κ2) is 7.46. The lowest BCUT2D eigenvalue weighted by atomic mass is 10.0. The first-order valence-electron chi connectivity index (χ1n) is 9.36. The number of nitrogens with zero attached hydrogens (tertiary/aromatic N) is 6. The van der Waals surface area contributed by atoms with Crippen molar-refractivity contribution < 1.29 is 9.53 Å². The molecule has 1 amide bonds. The third-order valence-corrected chi connectivity index (χ3v) is 5.30. The van der Waals surface area contributed by atoms with Crippen molar-refractivity contribution in [3.63, 3.8) is 0 Å². The molecule has 2 aromatic heterocycles. The minimum atomic E-state index is 0.161. The van der Waals surface area contributed by atoms with Crippen molar-refractivity contribution in [1.82, 2.24) is 29.4 Å². The third-order valence-electron chi connectivity index (χ3n) is 5.30. The number of rotatable bonds is 5. The largest absolute Gasteiger partial charge is 0.497 e. The van der Waals surface area contributed by atoms with Crippen molar-refractivity contribution in [1.29, 1.82) is 0 Å². The summed E-state index contributed by atoms with van der Waals surface area (Å²) in [5.74, 6) is 1.71. The van der Waals surface area contributed by atoms with Gasteiger partial charge in [-0.1, -0.05) is 12.1 Å². The van der Waals surface area contributed by atoms with Gasteiger partial charge in [0.05, 0.1) is 7.11 Å². The van der Waals surface area contributed by atoms with Crippen LogP contribution in [0.1, 0.15) is 23.2 Å². The van der Waals surface area contributed by atoms with Crippen LogP contribution in [0.3, 0.4) is 0 Å². The van der Waals surface area contributed by atoms with Crippen LogP contribution in [-0.2, 0) is 38.3 Å². The van der Waals surface area contributed by atoms with Crippen molar-refractivity contribution in [2.24, 2.45) is 14.1 Å². The third kappa shape index (κ3) is 3.37. The molecule has 1 aromatic carbocycles. The van der Waals surface area contributed by atoms with E-state index in [1.165, 1.54) is 0 Å². The topological polar surface area (TPSA) is 78.1 Å². The van der Waals surface area contributed by atoms with Crippen LogP contribution in [0.25, 0.3) is 11.5 Å². The van der Waals surface area contributed by atoms with Crippen molar-refractivity contribution >= 4 is 5.91 Å². The van der Waals surface area contributed by atoms with Crippen molar-refractivity contribution in [2.45, 2.75) is 25.8 Å². The summed E-state index contributed by atoms with van der Waals surface area (Å²) in [6.45, 7) is 1.28. The molecule has 0 bridgehead atoms. The van der Waals surface area contributed by atoms with E-state index < -0.39 is 0 Å². The molecule has 0 fully saturated rings. The van der Waals surface area contributed by atoms with E-state index in [2.05, 4.69) is 15.3 Å². The smallest absolute Gasteiger partial charge is 0.223 e. The number of carbonyl (C=O) groups excluding carboxylic acids is 1. The molecule has 0 unspecified atom stereocenters. The number of fused-ring (bicyclic) bond motifs is 1. The lowest BCUT2D eigenvalue weighted by molar-refractivity contribution is -0.132. The van der Waals surface area contributed by atoms with Crippen LogP contribution < -0.4 is 4.74 Å².